The molecule has 3 aromatic rings. The number of carbonyl (C=O) groups excluding carboxylic acids is 3. The van der Waals surface area contributed by atoms with Crippen LogP contribution < -0.4 is 10.1 Å². The molecule has 3 aromatic carbocycles. The van der Waals surface area contributed by atoms with Crippen molar-refractivity contribution >= 4 is 23.5 Å². The summed E-state index contributed by atoms with van der Waals surface area (Å²) in [5.41, 5.74) is 3.42. The van der Waals surface area contributed by atoms with Crippen molar-refractivity contribution in [1.82, 2.24) is 4.90 Å². The number of carbonyl (C=O) groups is 3. The second-order valence-corrected chi connectivity index (χ2v) is 7.93. The highest BCUT2D eigenvalue weighted by Gasteiger charge is 2.34. The van der Waals surface area contributed by atoms with Gasteiger partial charge < -0.3 is 19.7 Å². The third kappa shape index (κ3) is 4.93. The van der Waals surface area contributed by atoms with Crippen LogP contribution in [0, 0.1) is 0 Å². The first-order chi connectivity index (χ1) is 16.5. The quantitative estimate of drug-likeness (QED) is 0.499. The van der Waals surface area contributed by atoms with Gasteiger partial charge in [0.15, 0.2) is 0 Å². The summed E-state index contributed by atoms with van der Waals surface area (Å²) in [6.07, 6.45) is 0.0751. The maximum atomic E-state index is 13.2. The molecule has 0 radical (unpaired) electrons. The second-order valence-electron chi connectivity index (χ2n) is 7.93. The van der Waals surface area contributed by atoms with Gasteiger partial charge in [0.05, 0.1) is 31.7 Å². The summed E-state index contributed by atoms with van der Waals surface area (Å²) in [6.45, 7) is 2.48. The van der Waals surface area contributed by atoms with Crippen molar-refractivity contribution in [1.29, 1.82) is 0 Å². The number of fused-ring (bicyclic) bond motifs is 1. The van der Waals surface area contributed by atoms with Crippen LogP contribution in [0.4, 0.5) is 5.69 Å². The summed E-state index contributed by atoms with van der Waals surface area (Å²) in [6, 6.07) is 21.0. The summed E-state index contributed by atoms with van der Waals surface area (Å²) in [5, 5.41) is 2.87. The number of anilines is 1. The molecule has 2 amide bonds. The zero-order chi connectivity index (χ0) is 24.1. The van der Waals surface area contributed by atoms with Crippen molar-refractivity contribution in [2.24, 2.45) is 0 Å². The van der Waals surface area contributed by atoms with E-state index in [9.17, 15) is 14.4 Å². The SMILES string of the molecule is CCOC(=O)c1ccc(NC(=O)C[C@H](c2ccc(OC)cc2)N2Cc3ccccc3C2=O)cc1. The molecule has 7 nitrogen and oxygen atoms in total. The lowest BCUT2D eigenvalue weighted by molar-refractivity contribution is -0.117. The highest BCUT2D eigenvalue weighted by atomic mass is 16.5. The molecule has 0 saturated heterocycles. The van der Waals surface area contributed by atoms with E-state index in [0.29, 0.717) is 35.7 Å². The minimum atomic E-state index is -0.454. The van der Waals surface area contributed by atoms with Crippen LogP contribution in [0.2, 0.25) is 0 Å². The number of benzene rings is 3. The third-order valence-electron chi connectivity index (χ3n) is 5.78. The van der Waals surface area contributed by atoms with Crippen LogP contribution in [-0.4, -0.2) is 36.4 Å². The summed E-state index contributed by atoms with van der Waals surface area (Å²) in [5.74, 6) is -0.0480. The van der Waals surface area contributed by atoms with E-state index in [4.69, 9.17) is 9.47 Å². The molecule has 34 heavy (non-hydrogen) atoms. The average molecular weight is 459 g/mol. The van der Waals surface area contributed by atoms with Crippen molar-refractivity contribution in [2.75, 3.05) is 19.0 Å². The Balaban J connectivity index is 1.53. The Kier molecular flexibility index (Phi) is 6.92. The number of rotatable bonds is 8. The van der Waals surface area contributed by atoms with Gasteiger partial charge in [-0.25, -0.2) is 4.79 Å². The Labute approximate surface area is 198 Å². The van der Waals surface area contributed by atoms with Gasteiger partial charge in [-0.05, 0) is 60.5 Å². The topological polar surface area (TPSA) is 84.9 Å². The van der Waals surface area contributed by atoms with E-state index in [1.165, 1.54) is 0 Å². The molecule has 0 saturated carbocycles. The lowest BCUT2D eigenvalue weighted by Crippen LogP contribution is -2.32. The largest absolute Gasteiger partial charge is 0.497 e. The monoisotopic (exact) mass is 458 g/mol. The predicted octanol–water partition coefficient (Wildman–Crippen LogP) is 4.60. The highest BCUT2D eigenvalue weighted by Crippen LogP contribution is 2.34. The molecule has 1 aliphatic heterocycles. The Morgan fingerprint density at radius 1 is 1.00 bits per heavy atom. The molecule has 0 aliphatic carbocycles. The van der Waals surface area contributed by atoms with Crippen LogP contribution in [-0.2, 0) is 16.1 Å². The molecular formula is C27H26N2O5. The van der Waals surface area contributed by atoms with Gasteiger partial charge in [-0.3, -0.25) is 9.59 Å². The number of methoxy groups -OCH3 is 1. The summed E-state index contributed by atoms with van der Waals surface area (Å²) >= 11 is 0. The summed E-state index contributed by atoms with van der Waals surface area (Å²) in [4.78, 5) is 39.7. The molecule has 0 spiro atoms. The maximum absolute atomic E-state index is 13.2. The number of esters is 1. The van der Waals surface area contributed by atoms with Crippen LogP contribution in [0.15, 0.2) is 72.8 Å². The molecule has 1 heterocycles. The fourth-order valence-corrected chi connectivity index (χ4v) is 4.05. The molecule has 1 atom stereocenters. The van der Waals surface area contributed by atoms with Crippen LogP contribution in [0.5, 0.6) is 5.75 Å². The van der Waals surface area contributed by atoms with Crippen LogP contribution in [0.1, 0.15) is 51.2 Å². The Bertz CT molecular complexity index is 1190. The van der Waals surface area contributed by atoms with Gasteiger partial charge in [0, 0.05) is 17.8 Å². The first-order valence-electron chi connectivity index (χ1n) is 11.1. The fraction of sp³-hybridized carbons (Fsp3) is 0.222. The minimum Gasteiger partial charge on any atom is -0.497 e. The molecule has 4 rings (SSSR count). The molecule has 0 unspecified atom stereocenters. The van der Waals surface area contributed by atoms with Gasteiger partial charge in [-0.1, -0.05) is 30.3 Å². The van der Waals surface area contributed by atoms with E-state index >= 15 is 0 Å². The number of nitrogens with zero attached hydrogens (tertiary/aromatic N) is 1. The Morgan fingerprint density at radius 2 is 1.71 bits per heavy atom. The summed E-state index contributed by atoms with van der Waals surface area (Å²) < 4.78 is 10.2. The van der Waals surface area contributed by atoms with E-state index in [1.54, 1.807) is 43.2 Å². The normalized spacial score (nSPS) is 13.2. The van der Waals surface area contributed by atoms with Gasteiger partial charge in [-0.15, -0.1) is 0 Å². The zero-order valence-electron chi connectivity index (χ0n) is 19.1. The minimum absolute atomic E-state index is 0.0751. The first kappa shape index (κ1) is 23.0. The van der Waals surface area contributed by atoms with E-state index in [2.05, 4.69) is 5.32 Å². The van der Waals surface area contributed by atoms with Crippen molar-refractivity contribution < 1.29 is 23.9 Å². The van der Waals surface area contributed by atoms with Crippen LogP contribution in [0.25, 0.3) is 0 Å². The van der Waals surface area contributed by atoms with E-state index in [-0.39, 0.29) is 18.2 Å². The molecular weight excluding hydrogens is 432 g/mol. The second kappa shape index (κ2) is 10.2. The fourth-order valence-electron chi connectivity index (χ4n) is 4.05. The van der Waals surface area contributed by atoms with Crippen LogP contribution in [0.3, 0.4) is 0 Å². The summed E-state index contributed by atoms with van der Waals surface area (Å²) in [7, 11) is 1.59. The first-order valence-corrected chi connectivity index (χ1v) is 11.1. The van der Waals surface area contributed by atoms with Crippen molar-refractivity contribution in [3.05, 3.63) is 95.1 Å². The number of nitrogens with one attached hydrogen (secondary N) is 1. The molecule has 1 N–H and O–H groups in total. The van der Waals surface area contributed by atoms with E-state index < -0.39 is 12.0 Å². The molecule has 0 aromatic heterocycles. The molecule has 174 valence electrons. The van der Waals surface area contributed by atoms with Crippen molar-refractivity contribution in [3.63, 3.8) is 0 Å². The number of hydrogen-bond donors (Lipinski definition) is 1. The lowest BCUT2D eigenvalue weighted by Gasteiger charge is -2.28. The predicted molar refractivity (Wildman–Crippen MR) is 128 cm³/mol. The van der Waals surface area contributed by atoms with Gasteiger partial charge in [0.1, 0.15) is 5.75 Å². The Morgan fingerprint density at radius 3 is 2.35 bits per heavy atom. The molecule has 0 fully saturated rings. The zero-order valence-corrected chi connectivity index (χ0v) is 19.1. The molecule has 7 heteroatoms. The van der Waals surface area contributed by atoms with Crippen molar-refractivity contribution in [3.8, 4) is 5.75 Å². The smallest absolute Gasteiger partial charge is 0.338 e. The number of amides is 2. The number of ether oxygens (including phenoxy) is 2. The highest BCUT2D eigenvalue weighted by molar-refractivity contribution is 5.99. The van der Waals surface area contributed by atoms with E-state index in [1.807, 2.05) is 48.5 Å². The molecule has 1 aliphatic rings. The van der Waals surface area contributed by atoms with Crippen LogP contribution >= 0.6 is 0 Å². The Hall–Kier alpha value is -4.13. The van der Waals surface area contributed by atoms with Gasteiger partial charge >= 0.3 is 5.97 Å². The maximum Gasteiger partial charge on any atom is 0.338 e. The van der Waals surface area contributed by atoms with Gasteiger partial charge in [-0.2, -0.15) is 0 Å². The standard InChI is InChI=1S/C27H26N2O5/c1-3-34-27(32)19-8-12-21(13-9-19)28-25(30)16-24(18-10-14-22(33-2)15-11-18)29-17-20-6-4-5-7-23(20)26(29)31/h4-15,24H,3,16-17H2,1-2H3,(H,28,30)/t24-/m1/s1. The van der Waals surface area contributed by atoms with Gasteiger partial charge in [0.2, 0.25) is 5.91 Å². The van der Waals surface area contributed by atoms with E-state index in [0.717, 1.165) is 11.1 Å². The lowest BCUT2D eigenvalue weighted by atomic mass is 10.0. The average Bonchev–Trinajstić information content (AvgIpc) is 3.19. The van der Waals surface area contributed by atoms with Gasteiger partial charge in [0.25, 0.3) is 5.91 Å². The van der Waals surface area contributed by atoms with Crippen molar-refractivity contribution in [2.45, 2.75) is 25.9 Å². The molecule has 0 bridgehead atoms. The third-order valence-corrected chi connectivity index (χ3v) is 5.78. The number of hydrogen-bond acceptors (Lipinski definition) is 5.